The molecule has 1 atom stereocenters. The number of fused-ring (bicyclic) bond motifs is 1. The molecular weight excluding hydrogens is 232 g/mol. The van der Waals surface area contributed by atoms with Crippen molar-refractivity contribution in [2.24, 2.45) is 5.41 Å². The number of hydrogen-bond acceptors (Lipinski definition) is 2. The summed E-state index contributed by atoms with van der Waals surface area (Å²) in [4.78, 5) is 5.61. The van der Waals surface area contributed by atoms with E-state index in [9.17, 15) is 0 Å². The van der Waals surface area contributed by atoms with Crippen molar-refractivity contribution in [1.29, 1.82) is 0 Å². The van der Waals surface area contributed by atoms with Crippen molar-refractivity contribution in [1.82, 2.24) is 9.80 Å². The van der Waals surface area contributed by atoms with E-state index in [2.05, 4.69) is 16.7 Å². The Morgan fingerprint density at radius 3 is 2.53 bits per heavy atom. The van der Waals surface area contributed by atoms with E-state index in [-0.39, 0.29) is 0 Å². The van der Waals surface area contributed by atoms with Gasteiger partial charge < -0.3 is 4.90 Å². The highest BCUT2D eigenvalue weighted by atomic mass is 15.2. The summed E-state index contributed by atoms with van der Waals surface area (Å²) in [5, 5.41) is 0. The summed E-state index contributed by atoms with van der Waals surface area (Å²) in [7, 11) is 0. The summed E-state index contributed by atoms with van der Waals surface area (Å²) < 4.78 is 0. The van der Waals surface area contributed by atoms with Crippen molar-refractivity contribution in [2.45, 2.75) is 70.8 Å². The van der Waals surface area contributed by atoms with Crippen LogP contribution in [0.15, 0.2) is 0 Å². The molecule has 2 heterocycles. The van der Waals surface area contributed by atoms with Gasteiger partial charge >= 0.3 is 0 Å². The third kappa shape index (κ3) is 3.52. The van der Waals surface area contributed by atoms with Crippen molar-refractivity contribution in [3.8, 4) is 0 Å². The van der Waals surface area contributed by atoms with Gasteiger partial charge in [-0.1, -0.05) is 32.6 Å². The fourth-order valence-corrected chi connectivity index (χ4v) is 4.69. The second-order valence-electron chi connectivity index (χ2n) is 7.65. The zero-order valence-corrected chi connectivity index (χ0v) is 12.9. The van der Waals surface area contributed by atoms with Crippen LogP contribution in [-0.4, -0.2) is 48.6 Å². The number of rotatable bonds is 2. The van der Waals surface area contributed by atoms with Crippen LogP contribution in [0, 0.1) is 5.41 Å². The van der Waals surface area contributed by atoms with Gasteiger partial charge in [0.25, 0.3) is 0 Å². The predicted octanol–water partition coefficient (Wildman–Crippen LogP) is 3.52. The molecule has 2 aliphatic heterocycles. The highest BCUT2D eigenvalue weighted by Gasteiger charge is 2.32. The molecule has 2 saturated heterocycles. The number of piperidine rings is 1. The van der Waals surface area contributed by atoms with Gasteiger partial charge in [0, 0.05) is 19.1 Å². The fraction of sp³-hybridized carbons (Fsp3) is 1.00. The summed E-state index contributed by atoms with van der Waals surface area (Å²) in [6.07, 6.45) is 13.1. The average Bonchev–Trinajstić information content (AvgIpc) is 2.60. The number of hydrogen-bond donors (Lipinski definition) is 0. The second kappa shape index (κ2) is 6.13. The average molecular weight is 264 g/mol. The topological polar surface area (TPSA) is 6.48 Å². The lowest BCUT2D eigenvalue weighted by molar-refractivity contribution is 0.0951. The Balaban J connectivity index is 1.58. The summed E-state index contributed by atoms with van der Waals surface area (Å²) in [6, 6.07) is 0.878. The molecular formula is C17H32N2. The molecule has 3 fully saturated rings. The Morgan fingerprint density at radius 2 is 1.68 bits per heavy atom. The van der Waals surface area contributed by atoms with E-state index >= 15 is 0 Å². The first-order valence-electron chi connectivity index (χ1n) is 8.72. The van der Waals surface area contributed by atoms with E-state index in [1.54, 1.807) is 0 Å². The Morgan fingerprint density at radius 1 is 0.895 bits per heavy atom. The van der Waals surface area contributed by atoms with Crippen LogP contribution in [0.1, 0.15) is 64.7 Å². The van der Waals surface area contributed by atoms with Crippen molar-refractivity contribution in [3.05, 3.63) is 0 Å². The molecule has 1 saturated carbocycles. The molecule has 0 bridgehead atoms. The Kier molecular flexibility index (Phi) is 4.48. The minimum Gasteiger partial charge on any atom is -0.301 e. The normalized spacial score (nSPS) is 33.6. The molecule has 19 heavy (non-hydrogen) atoms. The van der Waals surface area contributed by atoms with Gasteiger partial charge in [-0.05, 0) is 57.2 Å². The monoisotopic (exact) mass is 264 g/mol. The van der Waals surface area contributed by atoms with Gasteiger partial charge in [-0.2, -0.15) is 0 Å². The van der Waals surface area contributed by atoms with Gasteiger partial charge in [-0.3, -0.25) is 4.90 Å². The standard InChI is InChI=1S/C17H32N2/c1-17(9-4-2-5-10-17)15-18-11-7-13-19-12-6-3-8-16(19)14-18/h16H,2-15H2,1H3. The molecule has 3 aliphatic rings. The first kappa shape index (κ1) is 13.9. The summed E-state index contributed by atoms with van der Waals surface area (Å²) in [5.74, 6) is 0. The second-order valence-corrected chi connectivity index (χ2v) is 7.65. The van der Waals surface area contributed by atoms with E-state index in [4.69, 9.17) is 0 Å². The molecule has 0 aromatic carbocycles. The Hall–Kier alpha value is -0.0800. The summed E-state index contributed by atoms with van der Waals surface area (Å²) in [5.41, 5.74) is 0.627. The van der Waals surface area contributed by atoms with E-state index < -0.39 is 0 Å². The largest absolute Gasteiger partial charge is 0.301 e. The maximum absolute atomic E-state index is 2.82. The highest BCUT2D eigenvalue weighted by Crippen LogP contribution is 2.37. The van der Waals surface area contributed by atoms with Crippen LogP contribution < -0.4 is 0 Å². The van der Waals surface area contributed by atoms with Gasteiger partial charge in [-0.15, -0.1) is 0 Å². The maximum Gasteiger partial charge on any atom is 0.0223 e. The molecule has 0 aromatic rings. The van der Waals surface area contributed by atoms with Crippen molar-refractivity contribution in [2.75, 3.05) is 32.7 Å². The highest BCUT2D eigenvalue weighted by molar-refractivity contribution is 4.87. The van der Waals surface area contributed by atoms with Gasteiger partial charge in [0.2, 0.25) is 0 Å². The number of nitrogens with zero attached hydrogens (tertiary/aromatic N) is 2. The quantitative estimate of drug-likeness (QED) is 0.753. The van der Waals surface area contributed by atoms with Gasteiger partial charge in [-0.25, -0.2) is 0 Å². The molecule has 2 nitrogen and oxygen atoms in total. The maximum atomic E-state index is 2.82. The minimum atomic E-state index is 0.627. The molecule has 1 unspecified atom stereocenters. The lowest BCUT2D eigenvalue weighted by atomic mass is 9.75. The van der Waals surface area contributed by atoms with Crippen LogP contribution in [0.25, 0.3) is 0 Å². The van der Waals surface area contributed by atoms with Crippen molar-refractivity contribution in [3.63, 3.8) is 0 Å². The third-order valence-corrected chi connectivity index (χ3v) is 5.80. The summed E-state index contributed by atoms with van der Waals surface area (Å²) >= 11 is 0. The minimum absolute atomic E-state index is 0.627. The first-order chi connectivity index (χ1) is 9.25. The van der Waals surface area contributed by atoms with E-state index in [1.165, 1.54) is 90.5 Å². The third-order valence-electron chi connectivity index (χ3n) is 5.80. The van der Waals surface area contributed by atoms with Gasteiger partial charge in [0.05, 0.1) is 0 Å². The van der Waals surface area contributed by atoms with E-state index in [0.717, 1.165) is 6.04 Å². The van der Waals surface area contributed by atoms with Crippen molar-refractivity contribution < 1.29 is 0 Å². The van der Waals surface area contributed by atoms with Gasteiger partial charge in [0.1, 0.15) is 0 Å². The van der Waals surface area contributed by atoms with Crippen molar-refractivity contribution >= 4 is 0 Å². The Labute approximate surface area is 119 Å². The van der Waals surface area contributed by atoms with Crippen LogP contribution in [0.5, 0.6) is 0 Å². The zero-order valence-electron chi connectivity index (χ0n) is 12.9. The van der Waals surface area contributed by atoms with Crippen LogP contribution >= 0.6 is 0 Å². The first-order valence-corrected chi connectivity index (χ1v) is 8.72. The predicted molar refractivity (Wildman–Crippen MR) is 81.5 cm³/mol. The van der Waals surface area contributed by atoms with Crippen LogP contribution in [-0.2, 0) is 0 Å². The van der Waals surface area contributed by atoms with Crippen LogP contribution in [0.3, 0.4) is 0 Å². The van der Waals surface area contributed by atoms with Gasteiger partial charge in [0.15, 0.2) is 0 Å². The van der Waals surface area contributed by atoms with Crippen LogP contribution in [0.2, 0.25) is 0 Å². The molecule has 0 radical (unpaired) electrons. The lowest BCUT2D eigenvalue weighted by Gasteiger charge is -2.40. The van der Waals surface area contributed by atoms with E-state index in [1.807, 2.05) is 0 Å². The smallest absolute Gasteiger partial charge is 0.0223 e. The molecule has 1 aliphatic carbocycles. The molecule has 110 valence electrons. The Bertz CT molecular complexity index is 283. The molecule has 0 aromatic heterocycles. The molecule has 3 rings (SSSR count). The summed E-state index contributed by atoms with van der Waals surface area (Å²) in [6.45, 7) is 9.36. The molecule has 2 heteroatoms. The zero-order chi connectivity index (χ0) is 13.1. The SMILES string of the molecule is CC1(CN2CCCN3CCCCC3C2)CCCCC1. The van der Waals surface area contributed by atoms with Crippen LogP contribution in [0.4, 0.5) is 0 Å². The molecule has 0 amide bonds. The molecule has 0 spiro atoms. The van der Waals surface area contributed by atoms with E-state index in [0.29, 0.717) is 5.41 Å². The molecule has 0 N–H and O–H groups in total. The lowest BCUT2D eigenvalue weighted by Crippen LogP contribution is -2.46. The fourth-order valence-electron chi connectivity index (χ4n) is 4.69.